The number of benzene rings is 2. The number of hydrogen-bond donors (Lipinski definition) is 1. The first-order valence-electron chi connectivity index (χ1n) is 12.7. The molecule has 0 fully saturated rings. The summed E-state index contributed by atoms with van der Waals surface area (Å²) in [5.41, 5.74) is 2.27. The largest absolute Gasteiger partial charge is 0.503 e. The van der Waals surface area contributed by atoms with Crippen LogP contribution >= 0.6 is 11.3 Å². The van der Waals surface area contributed by atoms with Gasteiger partial charge in [-0.05, 0) is 35.6 Å². The third-order valence-corrected chi connectivity index (χ3v) is 7.84. The van der Waals surface area contributed by atoms with Crippen LogP contribution in [0.15, 0.2) is 83.0 Å². The highest BCUT2D eigenvalue weighted by atomic mass is 32.1. The molecule has 1 aliphatic rings. The molecule has 0 spiro atoms. The maximum atomic E-state index is 13.9. The van der Waals surface area contributed by atoms with E-state index in [9.17, 15) is 19.5 Å². The molecule has 1 aliphatic heterocycles. The average molecular weight is 557 g/mol. The number of furan rings is 1. The van der Waals surface area contributed by atoms with E-state index >= 15 is 0 Å². The van der Waals surface area contributed by atoms with Gasteiger partial charge in [-0.2, -0.15) is 0 Å². The van der Waals surface area contributed by atoms with Gasteiger partial charge in [0.05, 0.1) is 17.3 Å². The van der Waals surface area contributed by atoms with Crippen LogP contribution in [0.1, 0.15) is 63.9 Å². The molecule has 0 radical (unpaired) electrons. The number of Topliss-reactive ketones (excluding diaryl/α,β-unsaturated/α-hetero) is 1. The number of aliphatic hydroxyl groups is 1. The Labute approximate surface area is 235 Å². The summed E-state index contributed by atoms with van der Waals surface area (Å²) >= 11 is 0.953. The van der Waals surface area contributed by atoms with E-state index in [1.807, 2.05) is 36.4 Å². The van der Waals surface area contributed by atoms with Crippen molar-refractivity contribution in [3.8, 4) is 0 Å². The molecule has 9 heteroatoms. The van der Waals surface area contributed by atoms with E-state index in [2.05, 4.69) is 32.3 Å². The van der Waals surface area contributed by atoms with Gasteiger partial charge in [-0.25, -0.2) is 9.78 Å². The second-order valence-corrected chi connectivity index (χ2v) is 11.5. The van der Waals surface area contributed by atoms with Crippen molar-refractivity contribution in [3.05, 3.63) is 106 Å². The Morgan fingerprint density at radius 2 is 1.88 bits per heavy atom. The predicted octanol–water partition coefficient (Wildman–Crippen LogP) is 6.62. The lowest BCUT2D eigenvalue weighted by Crippen LogP contribution is -2.31. The van der Waals surface area contributed by atoms with E-state index in [1.165, 1.54) is 11.0 Å². The van der Waals surface area contributed by atoms with Crippen LogP contribution < -0.4 is 4.90 Å². The fourth-order valence-corrected chi connectivity index (χ4v) is 5.60. The van der Waals surface area contributed by atoms with E-state index in [0.29, 0.717) is 16.8 Å². The molecule has 0 bridgehead atoms. The zero-order chi connectivity index (χ0) is 28.8. The van der Waals surface area contributed by atoms with Gasteiger partial charge in [0.1, 0.15) is 17.1 Å². The highest BCUT2D eigenvalue weighted by Crippen LogP contribution is 2.44. The minimum absolute atomic E-state index is 0.00211. The lowest BCUT2D eigenvalue weighted by atomic mass is 9.85. The monoisotopic (exact) mass is 556 g/mol. The van der Waals surface area contributed by atoms with Crippen LogP contribution in [0.25, 0.3) is 11.0 Å². The maximum Gasteiger partial charge on any atom is 0.350 e. The van der Waals surface area contributed by atoms with Crippen molar-refractivity contribution in [1.82, 2.24) is 4.98 Å². The van der Waals surface area contributed by atoms with Gasteiger partial charge in [-0.15, -0.1) is 0 Å². The molecule has 1 amide bonds. The zero-order valence-electron chi connectivity index (χ0n) is 22.6. The number of para-hydroxylation sites is 1. The third-order valence-electron chi connectivity index (χ3n) is 6.70. The van der Waals surface area contributed by atoms with Crippen LogP contribution in [0.3, 0.4) is 0 Å². The summed E-state index contributed by atoms with van der Waals surface area (Å²) < 4.78 is 11.0. The Kier molecular flexibility index (Phi) is 6.93. The number of ketones is 1. The van der Waals surface area contributed by atoms with Gasteiger partial charge < -0.3 is 14.3 Å². The molecule has 0 saturated carbocycles. The predicted molar refractivity (Wildman–Crippen MR) is 153 cm³/mol. The number of aliphatic hydroxyl groups excluding tert-OH is 1. The molecule has 1 unspecified atom stereocenters. The minimum Gasteiger partial charge on any atom is -0.503 e. The number of fused-ring (bicyclic) bond motifs is 1. The number of carbonyl (C=O) groups is 3. The maximum absolute atomic E-state index is 13.9. The lowest BCUT2D eigenvalue weighted by molar-refractivity contribution is -0.117. The smallest absolute Gasteiger partial charge is 0.350 e. The minimum atomic E-state index is -1.01. The summed E-state index contributed by atoms with van der Waals surface area (Å²) in [6, 6.07) is 15.3. The fourth-order valence-electron chi connectivity index (χ4n) is 4.62. The molecule has 0 aliphatic carbocycles. The number of esters is 1. The van der Waals surface area contributed by atoms with Gasteiger partial charge >= 0.3 is 5.97 Å². The van der Waals surface area contributed by atoms with Crippen LogP contribution in [0.4, 0.5) is 5.13 Å². The van der Waals surface area contributed by atoms with Crippen molar-refractivity contribution in [2.24, 2.45) is 0 Å². The number of carbonyl (C=O) groups excluding carboxylic acids is 3. The highest BCUT2D eigenvalue weighted by Gasteiger charge is 2.47. The first-order valence-corrected chi connectivity index (χ1v) is 13.5. The third kappa shape index (κ3) is 4.73. The number of anilines is 1. The van der Waals surface area contributed by atoms with Gasteiger partial charge in [0.25, 0.3) is 5.91 Å². The van der Waals surface area contributed by atoms with Gasteiger partial charge in [0, 0.05) is 5.39 Å². The van der Waals surface area contributed by atoms with Crippen LogP contribution in [0.2, 0.25) is 0 Å². The van der Waals surface area contributed by atoms with Gasteiger partial charge in [-0.3, -0.25) is 14.5 Å². The van der Waals surface area contributed by atoms with Gasteiger partial charge in [-0.1, -0.05) is 87.2 Å². The van der Waals surface area contributed by atoms with Crippen molar-refractivity contribution in [3.63, 3.8) is 0 Å². The number of thiazole rings is 1. The Morgan fingerprint density at radius 3 is 2.52 bits per heavy atom. The Balaban J connectivity index is 1.62. The molecule has 1 N–H and O–H groups in total. The Hall–Kier alpha value is -4.50. The molecule has 0 saturated heterocycles. The SMILES string of the molecule is C=CCOC(=O)c1sc(N2C(=O)C(O)=C(C(=O)c3cc4ccccc4o3)C2c2ccc(C(C)(C)C)cc2)nc1C. The molecule has 4 aromatic rings. The van der Waals surface area contributed by atoms with Crippen LogP contribution in [-0.4, -0.2) is 34.4 Å². The average Bonchev–Trinajstić information content (AvgIpc) is 3.60. The summed E-state index contributed by atoms with van der Waals surface area (Å²) in [5.74, 6) is -2.72. The van der Waals surface area contributed by atoms with Gasteiger partial charge in [0.2, 0.25) is 5.78 Å². The molecule has 2 aromatic heterocycles. The van der Waals surface area contributed by atoms with E-state index in [1.54, 1.807) is 25.1 Å². The normalized spacial score (nSPS) is 15.7. The van der Waals surface area contributed by atoms with Crippen molar-refractivity contribution >= 4 is 45.1 Å². The number of amides is 1. The lowest BCUT2D eigenvalue weighted by Gasteiger charge is -2.25. The van der Waals surface area contributed by atoms with Crippen molar-refractivity contribution < 1.29 is 28.6 Å². The topological polar surface area (TPSA) is 110 Å². The van der Waals surface area contributed by atoms with Crippen molar-refractivity contribution in [2.75, 3.05) is 11.5 Å². The summed E-state index contributed by atoms with van der Waals surface area (Å²) in [5, 5.41) is 12.0. The summed E-state index contributed by atoms with van der Waals surface area (Å²) in [6.07, 6.45) is 1.45. The van der Waals surface area contributed by atoms with Crippen LogP contribution in [-0.2, 0) is 14.9 Å². The Morgan fingerprint density at radius 1 is 1.18 bits per heavy atom. The first kappa shape index (κ1) is 27.1. The number of rotatable bonds is 7. The molecular weight excluding hydrogens is 528 g/mol. The van der Waals surface area contributed by atoms with E-state index in [-0.39, 0.29) is 33.4 Å². The summed E-state index contributed by atoms with van der Waals surface area (Å²) in [4.78, 5) is 46.0. The summed E-state index contributed by atoms with van der Waals surface area (Å²) in [7, 11) is 0. The number of aromatic nitrogens is 1. The first-order chi connectivity index (χ1) is 19.0. The molecule has 40 heavy (non-hydrogen) atoms. The van der Waals surface area contributed by atoms with Crippen LogP contribution in [0.5, 0.6) is 0 Å². The second kappa shape index (κ2) is 10.2. The second-order valence-electron chi connectivity index (χ2n) is 10.5. The number of aryl methyl sites for hydroxylation is 1. The quantitative estimate of drug-likeness (QED) is 0.155. The molecular formula is C31H28N2O6S. The molecule has 3 heterocycles. The van der Waals surface area contributed by atoms with Crippen molar-refractivity contribution in [1.29, 1.82) is 0 Å². The number of nitrogens with zero attached hydrogens (tertiary/aromatic N) is 2. The summed E-state index contributed by atoms with van der Waals surface area (Å²) in [6.45, 7) is 11.5. The molecule has 204 valence electrons. The molecule has 1 atom stereocenters. The number of hydrogen-bond acceptors (Lipinski definition) is 8. The standard InChI is InChI=1S/C31H28N2O6S/c1-6-15-38-29(37)27-17(2)32-30(40-27)33-24(18-11-13-20(14-12-18)31(3,4)5)23(26(35)28(33)36)25(34)22-16-19-9-7-8-10-21(19)39-22/h6-14,16,24,35H,1,15H2,2-5H3. The number of ether oxygens (including phenoxy) is 1. The van der Waals surface area contributed by atoms with E-state index in [0.717, 1.165) is 22.3 Å². The Bertz CT molecular complexity index is 1650. The highest BCUT2D eigenvalue weighted by molar-refractivity contribution is 7.17. The molecule has 5 rings (SSSR count). The molecule has 2 aromatic carbocycles. The van der Waals surface area contributed by atoms with Crippen molar-refractivity contribution in [2.45, 2.75) is 39.2 Å². The zero-order valence-corrected chi connectivity index (χ0v) is 23.4. The molecule has 8 nitrogen and oxygen atoms in total. The fraction of sp³-hybridized carbons (Fsp3) is 0.226. The van der Waals surface area contributed by atoms with Crippen LogP contribution in [0, 0.1) is 6.92 Å². The van der Waals surface area contributed by atoms with E-state index < -0.39 is 29.5 Å². The van der Waals surface area contributed by atoms with E-state index in [4.69, 9.17) is 9.15 Å². The van der Waals surface area contributed by atoms with Gasteiger partial charge in [0.15, 0.2) is 16.7 Å².